The number of aromatic nitrogens is 6. The molecule has 0 unspecified atom stereocenters. The maximum atomic E-state index is 13.0. The maximum absolute atomic E-state index is 13.0. The molecule has 2 aliphatic heterocycles. The Kier molecular flexibility index (Phi) is 10.4. The number of amides is 1. The van der Waals surface area contributed by atoms with Crippen LogP contribution in [-0.4, -0.2) is 91.7 Å². The van der Waals surface area contributed by atoms with E-state index in [1.165, 1.54) is 43.7 Å². The molecule has 2 saturated heterocycles. The zero-order valence-corrected chi connectivity index (χ0v) is 26.8. The van der Waals surface area contributed by atoms with Crippen molar-refractivity contribution < 1.29 is 13.6 Å². The van der Waals surface area contributed by atoms with Crippen molar-refractivity contribution in [1.29, 1.82) is 0 Å². The van der Waals surface area contributed by atoms with Crippen LogP contribution in [0.1, 0.15) is 12.8 Å². The van der Waals surface area contributed by atoms with Crippen LogP contribution in [0.4, 0.5) is 14.5 Å². The zero-order valence-electron chi connectivity index (χ0n) is 26.8. The summed E-state index contributed by atoms with van der Waals surface area (Å²) in [6, 6.07) is 18.2. The molecule has 1 N–H and O–H groups in total. The number of rotatable bonds is 5. The number of hydrogen-bond donors (Lipinski definition) is 1. The number of hydrogen-bond acceptors (Lipinski definition) is 8. The van der Waals surface area contributed by atoms with Gasteiger partial charge in [0.2, 0.25) is 5.91 Å². The lowest BCUT2D eigenvalue weighted by atomic mass is 10.1. The molecule has 0 atom stereocenters. The van der Waals surface area contributed by atoms with E-state index in [4.69, 9.17) is 0 Å². The lowest BCUT2D eigenvalue weighted by molar-refractivity contribution is -0.132. The van der Waals surface area contributed by atoms with Crippen molar-refractivity contribution in [2.45, 2.75) is 12.8 Å². The van der Waals surface area contributed by atoms with Gasteiger partial charge in [0.25, 0.3) is 0 Å². The number of terminal acetylenes is 1. The van der Waals surface area contributed by atoms with Gasteiger partial charge in [0, 0.05) is 60.0 Å². The second kappa shape index (κ2) is 15.4. The molecule has 3 aromatic heterocycles. The molecule has 10 nitrogen and oxygen atoms in total. The fourth-order valence-corrected chi connectivity index (χ4v) is 6.05. The summed E-state index contributed by atoms with van der Waals surface area (Å²) in [5.41, 5.74) is 5.40. The fourth-order valence-electron chi connectivity index (χ4n) is 6.05. The van der Waals surface area contributed by atoms with Gasteiger partial charge in [0.15, 0.2) is 11.6 Å². The quantitative estimate of drug-likeness (QED) is 0.239. The number of aromatic amines is 1. The molecule has 12 heteroatoms. The number of nitrogens with one attached hydrogen (secondary N) is 1. The normalized spacial score (nSPS) is 14.6. The number of nitrogens with zero attached hydrogens (tertiary/aromatic N) is 8. The van der Waals surface area contributed by atoms with Crippen molar-refractivity contribution in [2.24, 2.45) is 0 Å². The molecule has 0 bridgehead atoms. The second-order valence-corrected chi connectivity index (χ2v) is 11.7. The number of carbonyl (C=O) groups excluding carboxylic acids is 1. The van der Waals surface area contributed by atoms with E-state index in [0.717, 1.165) is 83.6 Å². The van der Waals surface area contributed by atoms with Crippen LogP contribution in [-0.2, 0) is 4.79 Å². The molecule has 6 aromatic rings. The Bertz CT molecular complexity index is 2020. The minimum Gasteiger partial charge on any atom is -0.368 e. The highest BCUT2D eigenvalue weighted by Gasteiger charge is 2.24. The van der Waals surface area contributed by atoms with Gasteiger partial charge in [-0.3, -0.25) is 14.8 Å². The van der Waals surface area contributed by atoms with Crippen LogP contribution in [0.15, 0.2) is 85.6 Å². The van der Waals surface area contributed by atoms with E-state index >= 15 is 0 Å². The van der Waals surface area contributed by atoms with Crippen molar-refractivity contribution in [2.75, 3.05) is 50.7 Å². The summed E-state index contributed by atoms with van der Waals surface area (Å²) in [7, 11) is 0. The lowest BCUT2D eigenvalue weighted by Gasteiger charge is -2.36. The van der Waals surface area contributed by atoms with E-state index < -0.39 is 5.82 Å². The summed E-state index contributed by atoms with van der Waals surface area (Å²) in [6.07, 6.45) is 16.1. The van der Waals surface area contributed by atoms with Gasteiger partial charge in [-0.05, 0) is 86.6 Å². The van der Waals surface area contributed by atoms with Gasteiger partial charge in [-0.15, -0.1) is 12.8 Å². The van der Waals surface area contributed by atoms with Crippen LogP contribution in [0.3, 0.4) is 0 Å². The van der Waals surface area contributed by atoms with E-state index in [-0.39, 0.29) is 11.7 Å². The lowest BCUT2D eigenvalue weighted by Crippen LogP contribution is -2.51. The Labute approximate surface area is 282 Å². The summed E-state index contributed by atoms with van der Waals surface area (Å²) < 4.78 is 26.0. The number of piperazine rings is 1. The summed E-state index contributed by atoms with van der Waals surface area (Å²) in [6.45, 7) is 5.85. The van der Waals surface area contributed by atoms with Gasteiger partial charge in [-0.25, -0.2) is 28.7 Å². The summed E-state index contributed by atoms with van der Waals surface area (Å²) in [5.74, 6) is 0.0694. The van der Waals surface area contributed by atoms with Gasteiger partial charge in [-0.1, -0.05) is 0 Å². The number of anilines is 1. The molecule has 0 radical (unpaired) electrons. The number of halogens is 2. The van der Waals surface area contributed by atoms with Crippen molar-refractivity contribution in [3.8, 4) is 35.5 Å². The fraction of sp³-hybridized carbons (Fsp3) is 0.243. The highest BCUT2D eigenvalue weighted by molar-refractivity contribution is 6.01. The first-order valence-electron chi connectivity index (χ1n) is 16.0. The van der Waals surface area contributed by atoms with Gasteiger partial charge in [0.05, 0.1) is 35.7 Å². The smallest absolute Gasteiger partial charge is 0.236 e. The molecule has 5 heterocycles. The molecule has 2 aliphatic rings. The average molecular weight is 660 g/mol. The highest BCUT2D eigenvalue weighted by Crippen LogP contribution is 2.29. The maximum Gasteiger partial charge on any atom is 0.236 e. The SMILES string of the molecule is C#C.Fc1ccc(-c2n[nH]c3cc4cncnc4cc23)cc1.O=C(CN1CCCC1)N1CCN(c2ccc(-c3ncc(F)cn3)cc2)CC1. The largest absolute Gasteiger partial charge is 0.368 e. The molecular weight excluding hydrogens is 624 g/mol. The van der Waals surface area contributed by atoms with Crippen molar-refractivity contribution >= 4 is 33.4 Å². The van der Waals surface area contributed by atoms with E-state index in [9.17, 15) is 13.6 Å². The van der Waals surface area contributed by atoms with Gasteiger partial charge in [-0.2, -0.15) is 5.10 Å². The number of fused-ring (bicyclic) bond motifs is 2. The predicted octanol–water partition coefficient (Wildman–Crippen LogP) is 5.59. The molecule has 8 rings (SSSR count). The summed E-state index contributed by atoms with van der Waals surface area (Å²) in [4.78, 5) is 35.3. The molecule has 248 valence electrons. The predicted molar refractivity (Wildman–Crippen MR) is 186 cm³/mol. The van der Waals surface area contributed by atoms with Gasteiger partial charge < -0.3 is 9.80 Å². The van der Waals surface area contributed by atoms with Crippen LogP contribution >= 0.6 is 0 Å². The third-order valence-electron chi connectivity index (χ3n) is 8.61. The number of likely N-dealkylation sites (tertiary alicyclic amines) is 1. The number of carbonyl (C=O) groups is 1. The average Bonchev–Trinajstić information content (AvgIpc) is 3.82. The monoisotopic (exact) mass is 659 g/mol. The number of benzene rings is 3. The molecule has 0 saturated carbocycles. The topological polar surface area (TPSA) is 107 Å². The van der Waals surface area contributed by atoms with Gasteiger partial charge >= 0.3 is 0 Å². The van der Waals surface area contributed by atoms with Crippen LogP contribution in [0.5, 0.6) is 0 Å². The highest BCUT2D eigenvalue weighted by atomic mass is 19.1. The summed E-state index contributed by atoms with van der Waals surface area (Å²) >= 11 is 0. The molecule has 0 aliphatic carbocycles. The molecule has 0 spiro atoms. The minimum atomic E-state index is -0.437. The second-order valence-electron chi connectivity index (χ2n) is 11.7. The molecule has 3 aromatic carbocycles. The molecule has 49 heavy (non-hydrogen) atoms. The third-order valence-corrected chi connectivity index (χ3v) is 8.61. The van der Waals surface area contributed by atoms with Crippen molar-refractivity contribution in [1.82, 2.24) is 39.9 Å². The Balaban J connectivity index is 0.000000168. The molecule has 1 amide bonds. The van der Waals surface area contributed by atoms with Crippen LogP contribution in [0.25, 0.3) is 44.5 Å². The first kappa shape index (κ1) is 33.1. The summed E-state index contributed by atoms with van der Waals surface area (Å²) in [5, 5.41) is 9.23. The van der Waals surface area contributed by atoms with Crippen LogP contribution in [0.2, 0.25) is 0 Å². The van der Waals surface area contributed by atoms with Crippen molar-refractivity contribution in [3.05, 3.63) is 97.2 Å². The van der Waals surface area contributed by atoms with Crippen LogP contribution < -0.4 is 4.90 Å². The molecule has 2 fully saturated rings. The van der Waals surface area contributed by atoms with Crippen LogP contribution in [0, 0.1) is 24.5 Å². The first-order valence-corrected chi connectivity index (χ1v) is 16.0. The van der Waals surface area contributed by atoms with E-state index in [2.05, 4.69) is 52.8 Å². The van der Waals surface area contributed by atoms with E-state index in [0.29, 0.717) is 12.4 Å². The minimum absolute atomic E-state index is 0.250. The van der Waals surface area contributed by atoms with Crippen molar-refractivity contribution in [3.63, 3.8) is 0 Å². The number of H-pyrrole nitrogens is 1. The van der Waals surface area contributed by atoms with E-state index in [1.807, 2.05) is 41.3 Å². The van der Waals surface area contributed by atoms with E-state index in [1.54, 1.807) is 18.3 Å². The Hall–Kier alpha value is -5.80. The van der Waals surface area contributed by atoms with Gasteiger partial charge in [0.1, 0.15) is 12.1 Å². The zero-order chi connectivity index (χ0) is 34.2. The molecular formula is C37H35F2N9O. The standard InChI is InChI=1S/C20H24FN5O.C15H9FN4.C2H2/c21-17-13-22-20(23-14-17)16-3-5-18(6-4-16)25-9-11-26(12-10-25)19(27)15-24-7-1-2-8-24;16-11-3-1-9(2-4-11)15-12-6-13-10(7-17-8-18-13)5-14(12)19-20-15;1-2/h3-6,13-14H,1-2,7-12,15H2;1-8H,(H,19,20);1-2H. The third kappa shape index (κ3) is 7.85. The Morgan fingerprint density at radius 1 is 0.776 bits per heavy atom. The Morgan fingerprint density at radius 2 is 1.45 bits per heavy atom. The Morgan fingerprint density at radius 3 is 2.14 bits per heavy atom. The first-order chi connectivity index (χ1) is 24.0.